The van der Waals surface area contributed by atoms with E-state index in [4.69, 9.17) is 32.7 Å². The maximum atomic E-state index is 12.9. The fourth-order valence-electron chi connectivity index (χ4n) is 3.90. The van der Waals surface area contributed by atoms with Gasteiger partial charge in [0.1, 0.15) is 23.1 Å². The van der Waals surface area contributed by atoms with Gasteiger partial charge in [0.25, 0.3) is 11.8 Å². The molecule has 0 fully saturated rings. The molecular weight excluding hydrogens is 567 g/mol. The van der Waals surface area contributed by atoms with Crippen molar-refractivity contribution in [3.05, 3.63) is 136 Å². The van der Waals surface area contributed by atoms with Crippen LogP contribution in [-0.2, 0) is 20.9 Å². The van der Waals surface area contributed by atoms with Crippen molar-refractivity contribution in [1.82, 2.24) is 0 Å². The summed E-state index contributed by atoms with van der Waals surface area (Å²) in [6.07, 6.45) is 0. The highest BCUT2D eigenvalue weighted by atomic mass is 35.5. The molecule has 0 spiro atoms. The fraction of sp³-hybridized carbons (Fsp3) is 0.0323. The Balaban J connectivity index is 1.18. The Bertz CT molecular complexity index is 1650. The van der Waals surface area contributed by atoms with Crippen molar-refractivity contribution < 1.29 is 28.7 Å². The van der Waals surface area contributed by atoms with Crippen LogP contribution in [0.25, 0.3) is 0 Å². The number of carbonyl (C=O) groups excluding carboxylic acids is 4. The van der Waals surface area contributed by atoms with Crippen LogP contribution in [0.1, 0.15) is 26.3 Å². The molecule has 204 valence electrons. The molecule has 0 aliphatic carbocycles. The summed E-state index contributed by atoms with van der Waals surface area (Å²) in [5.41, 5.74) is 2.08. The number of nitrogens with zero attached hydrogens (tertiary/aromatic N) is 1. The molecule has 8 nitrogen and oxygen atoms in total. The lowest BCUT2D eigenvalue weighted by molar-refractivity contribution is -0.120. The Hall–Kier alpha value is -4.92. The number of imide groups is 1. The van der Waals surface area contributed by atoms with Gasteiger partial charge in [-0.05, 0) is 78.4 Å². The average molecular weight is 587 g/mol. The lowest BCUT2D eigenvalue weighted by Crippen LogP contribution is -2.32. The van der Waals surface area contributed by atoms with E-state index in [1.165, 1.54) is 48.5 Å². The molecule has 1 heterocycles. The summed E-state index contributed by atoms with van der Waals surface area (Å²) in [5.74, 6) is -2.18. The van der Waals surface area contributed by atoms with E-state index in [2.05, 4.69) is 5.32 Å². The summed E-state index contributed by atoms with van der Waals surface area (Å²) in [4.78, 5) is 51.4. The van der Waals surface area contributed by atoms with Crippen molar-refractivity contribution in [1.29, 1.82) is 0 Å². The minimum Gasteiger partial charge on any atom is -0.457 e. The zero-order valence-electron chi connectivity index (χ0n) is 21.2. The average Bonchev–Trinajstić information content (AvgIpc) is 3.20. The second kappa shape index (κ2) is 12.1. The lowest BCUT2D eigenvalue weighted by atomic mass is 10.2. The van der Waals surface area contributed by atoms with Gasteiger partial charge in [0, 0.05) is 10.7 Å². The molecule has 1 N–H and O–H groups in total. The van der Waals surface area contributed by atoms with Crippen LogP contribution in [0.3, 0.4) is 0 Å². The number of hydrogen-bond acceptors (Lipinski definition) is 7. The topological polar surface area (TPSA) is 102 Å². The first-order valence-corrected chi connectivity index (χ1v) is 13.0. The highest BCUT2D eigenvalue weighted by Gasteiger charge is 2.38. The second-order valence-corrected chi connectivity index (χ2v) is 9.60. The number of nitrogens with one attached hydrogen (secondary N) is 1. The summed E-state index contributed by atoms with van der Waals surface area (Å²) in [7, 11) is 0. The molecule has 0 saturated carbocycles. The molecule has 0 unspecified atom stereocenters. The Morgan fingerprint density at radius 3 is 1.98 bits per heavy atom. The normalized spacial score (nSPS) is 12.9. The zero-order chi connectivity index (χ0) is 28.9. The van der Waals surface area contributed by atoms with Crippen LogP contribution >= 0.6 is 23.2 Å². The van der Waals surface area contributed by atoms with Gasteiger partial charge in [-0.15, -0.1) is 0 Å². The molecule has 10 heteroatoms. The first-order chi connectivity index (χ1) is 19.8. The van der Waals surface area contributed by atoms with Crippen LogP contribution in [0, 0.1) is 0 Å². The summed E-state index contributed by atoms with van der Waals surface area (Å²) >= 11 is 12.1. The largest absolute Gasteiger partial charge is 0.457 e. The van der Waals surface area contributed by atoms with Crippen molar-refractivity contribution in [2.45, 2.75) is 6.61 Å². The molecule has 0 bridgehead atoms. The van der Waals surface area contributed by atoms with Gasteiger partial charge in [0.05, 0.1) is 16.8 Å². The van der Waals surface area contributed by atoms with E-state index in [9.17, 15) is 19.2 Å². The third kappa shape index (κ3) is 6.30. The highest BCUT2D eigenvalue weighted by Crippen LogP contribution is 2.31. The SMILES string of the molecule is O=C(OCc1ccccc1)c1ccc(OC(=O)c2ccc(NC3=C(Cl)C(=O)N(c4ccc(Cl)cc4)C3=O)cc2)cc1. The van der Waals surface area contributed by atoms with Crippen molar-refractivity contribution in [3.63, 3.8) is 0 Å². The van der Waals surface area contributed by atoms with E-state index < -0.39 is 23.8 Å². The van der Waals surface area contributed by atoms with Crippen molar-refractivity contribution in [2.24, 2.45) is 0 Å². The minimum atomic E-state index is -0.669. The van der Waals surface area contributed by atoms with Crippen LogP contribution in [0.5, 0.6) is 5.75 Å². The third-order valence-corrected chi connectivity index (χ3v) is 6.62. The van der Waals surface area contributed by atoms with E-state index in [0.29, 0.717) is 22.0 Å². The van der Waals surface area contributed by atoms with E-state index in [1.54, 1.807) is 24.3 Å². The predicted molar refractivity (Wildman–Crippen MR) is 154 cm³/mol. The lowest BCUT2D eigenvalue weighted by Gasteiger charge is -2.15. The Labute approximate surface area is 244 Å². The zero-order valence-corrected chi connectivity index (χ0v) is 22.7. The first-order valence-electron chi connectivity index (χ1n) is 12.2. The molecule has 41 heavy (non-hydrogen) atoms. The number of benzene rings is 4. The molecule has 1 aliphatic rings. The maximum absolute atomic E-state index is 12.9. The monoisotopic (exact) mass is 586 g/mol. The number of rotatable bonds is 8. The summed E-state index contributed by atoms with van der Waals surface area (Å²) in [6, 6.07) is 27.6. The van der Waals surface area contributed by atoms with Crippen molar-refractivity contribution in [2.75, 3.05) is 10.2 Å². The number of ether oxygens (including phenoxy) is 2. The van der Waals surface area contributed by atoms with Gasteiger partial charge >= 0.3 is 11.9 Å². The Kier molecular flexibility index (Phi) is 8.14. The van der Waals surface area contributed by atoms with Gasteiger partial charge in [0.15, 0.2) is 0 Å². The van der Waals surface area contributed by atoms with Gasteiger partial charge in [-0.2, -0.15) is 0 Å². The Morgan fingerprint density at radius 1 is 0.707 bits per heavy atom. The van der Waals surface area contributed by atoms with Crippen LogP contribution < -0.4 is 15.0 Å². The molecular formula is C31H20Cl2N2O6. The number of anilines is 2. The van der Waals surface area contributed by atoms with Gasteiger partial charge in [0.2, 0.25) is 0 Å². The molecule has 4 aromatic carbocycles. The van der Waals surface area contributed by atoms with Crippen LogP contribution in [-0.4, -0.2) is 23.8 Å². The maximum Gasteiger partial charge on any atom is 0.343 e. The predicted octanol–water partition coefficient (Wildman–Crippen LogP) is 6.35. The number of carbonyl (C=O) groups is 4. The molecule has 0 atom stereocenters. The van der Waals surface area contributed by atoms with Gasteiger partial charge in [-0.25, -0.2) is 14.5 Å². The van der Waals surface area contributed by atoms with Crippen LogP contribution in [0.2, 0.25) is 5.02 Å². The standard InChI is InChI=1S/C31H20Cl2N2O6/c32-22-10-14-24(15-11-22)35-28(36)26(33)27(29(35)37)34-23-12-6-21(7-13-23)31(39)41-25-16-8-20(9-17-25)30(38)40-18-19-4-2-1-3-5-19/h1-17,34H,18H2. The minimum absolute atomic E-state index is 0.0932. The molecule has 2 amide bonds. The number of esters is 2. The van der Waals surface area contributed by atoms with Gasteiger partial charge in [-0.1, -0.05) is 53.5 Å². The van der Waals surface area contributed by atoms with Crippen molar-refractivity contribution >= 4 is 58.3 Å². The molecule has 4 aromatic rings. The smallest absolute Gasteiger partial charge is 0.343 e. The summed E-state index contributed by atoms with van der Waals surface area (Å²) in [6.45, 7) is 0.149. The molecule has 0 radical (unpaired) electrons. The van der Waals surface area contributed by atoms with E-state index in [0.717, 1.165) is 10.5 Å². The van der Waals surface area contributed by atoms with Gasteiger partial charge in [-0.3, -0.25) is 9.59 Å². The second-order valence-electron chi connectivity index (χ2n) is 8.79. The molecule has 1 aliphatic heterocycles. The number of hydrogen-bond donors (Lipinski definition) is 1. The summed E-state index contributed by atoms with van der Waals surface area (Å²) in [5, 5.41) is 3.04. The third-order valence-electron chi connectivity index (χ3n) is 6.02. The molecule has 0 aromatic heterocycles. The van der Waals surface area contributed by atoms with Crippen molar-refractivity contribution in [3.8, 4) is 5.75 Å². The number of halogens is 2. The highest BCUT2D eigenvalue weighted by molar-refractivity contribution is 6.53. The van der Waals surface area contributed by atoms with E-state index in [-0.39, 0.29) is 28.6 Å². The Morgan fingerprint density at radius 2 is 1.32 bits per heavy atom. The molecule has 0 saturated heterocycles. The van der Waals surface area contributed by atoms with E-state index in [1.807, 2.05) is 30.3 Å². The van der Waals surface area contributed by atoms with E-state index >= 15 is 0 Å². The molecule has 5 rings (SSSR count). The number of amides is 2. The quantitative estimate of drug-likeness (QED) is 0.146. The van der Waals surface area contributed by atoms with Crippen LogP contribution in [0.15, 0.2) is 114 Å². The van der Waals surface area contributed by atoms with Crippen LogP contribution in [0.4, 0.5) is 11.4 Å². The summed E-state index contributed by atoms with van der Waals surface area (Å²) < 4.78 is 10.7. The van der Waals surface area contributed by atoms with Gasteiger partial charge < -0.3 is 14.8 Å². The first kappa shape index (κ1) is 27.6. The fourth-order valence-corrected chi connectivity index (χ4v) is 4.24.